The van der Waals surface area contributed by atoms with Crippen molar-refractivity contribution in [3.63, 3.8) is 0 Å². The van der Waals surface area contributed by atoms with Crippen molar-refractivity contribution < 1.29 is 37.9 Å². The van der Waals surface area contributed by atoms with Gasteiger partial charge in [-0.2, -0.15) is 0 Å². The number of nitrogens with zero attached hydrogens (tertiary/aromatic N) is 3. The molecule has 4 aromatic rings. The quantitative estimate of drug-likeness (QED) is 0.206. The molecule has 0 spiro atoms. The Bertz CT molecular complexity index is 2020. The Kier molecular flexibility index (Phi) is 7.83. The molecule has 2 unspecified atom stereocenters. The molecule has 48 heavy (non-hydrogen) atoms. The highest BCUT2D eigenvalue weighted by molar-refractivity contribution is 7.13. The molecule has 4 N–H and O–H groups in total. The van der Waals surface area contributed by atoms with Crippen molar-refractivity contribution >= 4 is 51.7 Å². The third-order valence-electron chi connectivity index (χ3n) is 8.67. The van der Waals surface area contributed by atoms with Crippen molar-refractivity contribution in [2.45, 2.75) is 44.6 Å². The first-order valence-electron chi connectivity index (χ1n) is 14.9. The van der Waals surface area contributed by atoms with Crippen LogP contribution in [0.1, 0.15) is 61.9 Å². The van der Waals surface area contributed by atoms with Crippen LogP contribution in [0.25, 0.3) is 0 Å². The van der Waals surface area contributed by atoms with Gasteiger partial charge < -0.3 is 20.2 Å². The second kappa shape index (κ2) is 12.2. The summed E-state index contributed by atoms with van der Waals surface area (Å²) in [5.41, 5.74) is 1.49. The topological polar surface area (TPSA) is 161 Å². The lowest BCUT2D eigenvalue weighted by atomic mass is 10.0. The predicted octanol–water partition coefficient (Wildman–Crippen LogP) is 3.84. The molecule has 0 aliphatic carbocycles. The Balaban J connectivity index is 1.13. The van der Waals surface area contributed by atoms with Crippen LogP contribution in [-0.2, 0) is 34.0 Å². The number of amides is 5. The third kappa shape index (κ3) is 5.41. The molecule has 0 saturated carbocycles. The Morgan fingerprint density at radius 1 is 1.08 bits per heavy atom. The normalized spacial score (nSPS) is 17.7. The Morgan fingerprint density at radius 2 is 1.92 bits per heavy atom. The van der Waals surface area contributed by atoms with E-state index in [1.807, 2.05) is 0 Å². The van der Waals surface area contributed by atoms with Gasteiger partial charge in [0.05, 0.1) is 12.1 Å². The van der Waals surface area contributed by atoms with Gasteiger partial charge >= 0.3 is 0 Å². The molecule has 12 nitrogen and oxygen atoms in total. The zero-order valence-electron chi connectivity index (χ0n) is 25.0. The number of aromatic hydroxyl groups is 1. The van der Waals surface area contributed by atoms with Gasteiger partial charge in [-0.05, 0) is 42.3 Å². The highest BCUT2D eigenvalue weighted by atomic mass is 32.1. The summed E-state index contributed by atoms with van der Waals surface area (Å²) < 4.78 is 30.2. The molecule has 3 aliphatic rings. The molecule has 15 heteroatoms. The Morgan fingerprint density at radius 3 is 2.69 bits per heavy atom. The SMILES string of the molecule is O=C1CCC(N2Cc3c(ccc(CNc4cccc5c4C(=O)N(C(C(=O)Nc4nccs4)c4cc(F)ccc4O)C5)c3F)C2=O)C(=O)N1. The molecule has 2 atom stereocenters. The van der Waals surface area contributed by atoms with Crippen LogP contribution in [0, 0.1) is 11.6 Å². The largest absolute Gasteiger partial charge is 0.508 e. The molecule has 0 radical (unpaired) electrons. The van der Waals surface area contributed by atoms with E-state index in [1.165, 1.54) is 28.1 Å². The number of halogens is 2. The first-order valence-corrected chi connectivity index (χ1v) is 15.8. The van der Waals surface area contributed by atoms with Crippen molar-refractivity contribution in [2.24, 2.45) is 0 Å². The van der Waals surface area contributed by atoms with E-state index in [2.05, 4.69) is 20.9 Å². The van der Waals surface area contributed by atoms with E-state index < -0.39 is 53.3 Å². The molecular formula is C33H26F2N6O6S. The Labute approximate surface area is 275 Å². The van der Waals surface area contributed by atoms with Crippen LogP contribution in [0.5, 0.6) is 5.75 Å². The van der Waals surface area contributed by atoms with Crippen LogP contribution in [0.4, 0.5) is 19.6 Å². The lowest BCUT2D eigenvalue weighted by Gasteiger charge is -2.29. The van der Waals surface area contributed by atoms with Crippen LogP contribution in [0.15, 0.2) is 60.1 Å². The molecule has 4 heterocycles. The van der Waals surface area contributed by atoms with E-state index in [0.29, 0.717) is 11.3 Å². The molecular weight excluding hydrogens is 646 g/mol. The number of hydrogen-bond donors (Lipinski definition) is 4. The van der Waals surface area contributed by atoms with Crippen LogP contribution in [-0.4, -0.2) is 55.5 Å². The zero-order valence-corrected chi connectivity index (χ0v) is 25.8. The smallest absolute Gasteiger partial charge is 0.257 e. The van der Waals surface area contributed by atoms with E-state index in [1.54, 1.807) is 23.6 Å². The number of benzene rings is 3. The van der Waals surface area contributed by atoms with Crippen LogP contribution in [0.2, 0.25) is 0 Å². The number of phenolic OH excluding ortho intramolecular Hbond substituents is 1. The minimum atomic E-state index is -1.42. The summed E-state index contributed by atoms with van der Waals surface area (Å²) in [6.07, 6.45) is 1.71. The number of carbonyl (C=O) groups is 5. The maximum absolute atomic E-state index is 15.8. The number of rotatable bonds is 8. The van der Waals surface area contributed by atoms with Gasteiger partial charge in [-0.3, -0.25) is 34.6 Å². The fourth-order valence-corrected chi connectivity index (χ4v) is 6.90. The molecule has 0 bridgehead atoms. The summed E-state index contributed by atoms with van der Waals surface area (Å²) in [5, 5.41) is 20.5. The first kappa shape index (κ1) is 30.9. The van der Waals surface area contributed by atoms with Crippen molar-refractivity contribution in [1.82, 2.24) is 20.1 Å². The summed E-state index contributed by atoms with van der Waals surface area (Å²) >= 11 is 1.15. The number of thiazole rings is 1. The van der Waals surface area contributed by atoms with E-state index >= 15 is 4.39 Å². The summed E-state index contributed by atoms with van der Waals surface area (Å²) in [4.78, 5) is 71.1. The number of nitrogens with one attached hydrogen (secondary N) is 3. The second-order valence-electron chi connectivity index (χ2n) is 11.5. The molecule has 1 saturated heterocycles. The average molecular weight is 673 g/mol. The van der Waals surface area contributed by atoms with Gasteiger partial charge in [0, 0.05) is 59.0 Å². The van der Waals surface area contributed by atoms with Crippen molar-refractivity contribution in [3.05, 3.63) is 105 Å². The number of piperidine rings is 1. The van der Waals surface area contributed by atoms with Gasteiger partial charge in [0.2, 0.25) is 11.8 Å². The second-order valence-corrected chi connectivity index (χ2v) is 12.4. The lowest BCUT2D eigenvalue weighted by Crippen LogP contribution is -2.52. The number of fused-ring (bicyclic) bond motifs is 2. The molecule has 3 aliphatic heterocycles. The van der Waals surface area contributed by atoms with Crippen LogP contribution in [0.3, 0.4) is 0 Å². The maximum Gasteiger partial charge on any atom is 0.257 e. The minimum absolute atomic E-state index is 0.0406. The fraction of sp³-hybridized carbons (Fsp3) is 0.212. The highest BCUT2D eigenvalue weighted by Gasteiger charge is 2.42. The van der Waals surface area contributed by atoms with Gasteiger partial charge in [-0.25, -0.2) is 13.8 Å². The predicted molar refractivity (Wildman–Crippen MR) is 168 cm³/mol. The van der Waals surface area contributed by atoms with Crippen molar-refractivity contribution in [1.29, 1.82) is 0 Å². The first-order chi connectivity index (χ1) is 23.1. The number of imide groups is 1. The van der Waals surface area contributed by atoms with Gasteiger partial charge in [0.1, 0.15) is 29.5 Å². The summed E-state index contributed by atoms with van der Waals surface area (Å²) in [7, 11) is 0. The number of aromatic nitrogens is 1. The average Bonchev–Trinajstić information content (AvgIpc) is 3.78. The van der Waals surface area contributed by atoms with Crippen LogP contribution < -0.4 is 16.0 Å². The molecule has 1 aromatic heterocycles. The summed E-state index contributed by atoms with van der Waals surface area (Å²) in [5.74, 6) is -4.51. The zero-order chi connectivity index (χ0) is 33.7. The highest BCUT2D eigenvalue weighted by Crippen LogP contribution is 2.39. The Hall–Kier alpha value is -5.70. The maximum atomic E-state index is 15.8. The number of carbonyl (C=O) groups excluding carboxylic acids is 5. The van der Waals surface area contributed by atoms with Crippen molar-refractivity contribution in [3.8, 4) is 5.75 Å². The van der Waals surface area contributed by atoms with E-state index in [0.717, 1.165) is 29.5 Å². The summed E-state index contributed by atoms with van der Waals surface area (Å²) in [6.45, 7) is -0.249. The standard InChI is InChI=1S/C33H26F2N6O6S/c34-18-5-8-24(42)20(12-18)28(30(45)39-33-36-10-11-48-33)41-14-17-2-1-3-22(26(17)32(41)47)37-13-16-4-6-19-21(27(16)35)15-40(31(19)46)23-7-9-25(43)38-29(23)44/h1-6,8,10-12,23,28,37,42H,7,9,13-15H2,(H,36,39,45)(H,38,43,44). The molecule has 244 valence electrons. The number of anilines is 2. The lowest BCUT2D eigenvalue weighted by molar-refractivity contribution is -0.137. The van der Waals surface area contributed by atoms with E-state index in [-0.39, 0.29) is 71.2 Å². The molecule has 5 amide bonds. The summed E-state index contributed by atoms with van der Waals surface area (Å²) in [6, 6.07) is 8.81. The van der Waals surface area contributed by atoms with Crippen LogP contribution >= 0.6 is 11.3 Å². The molecule has 7 rings (SSSR count). The third-order valence-corrected chi connectivity index (χ3v) is 9.36. The van der Waals surface area contributed by atoms with Gasteiger partial charge in [-0.15, -0.1) is 11.3 Å². The van der Waals surface area contributed by atoms with Crippen molar-refractivity contribution in [2.75, 3.05) is 10.6 Å². The van der Waals surface area contributed by atoms with Gasteiger partial charge in [-0.1, -0.05) is 18.2 Å². The number of phenols is 1. The monoisotopic (exact) mass is 672 g/mol. The van der Waals surface area contributed by atoms with E-state index in [9.17, 15) is 33.5 Å². The fourth-order valence-electron chi connectivity index (χ4n) is 6.37. The molecule has 3 aromatic carbocycles. The minimum Gasteiger partial charge on any atom is -0.508 e. The molecule has 1 fully saturated rings. The van der Waals surface area contributed by atoms with Gasteiger partial charge in [0.15, 0.2) is 5.13 Å². The van der Waals surface area contributed by atoms with Gasteiger partial charge in [0.25, 0.3) is 17.7 Å². The number of hydrogen-bond acceptors (Lipinski definition) is 9. The van der Waals surface area contributed by atoms with E-state index in [4.69, 9.17) is 0 Å².